The minimum Gasteiger partial charge on any atom is -0.348 e. The van der Waals surface area contributed by atoms with E-state index in [2.05, 4.69) is 10.6 Å². The highest BCUT2D eigenvalue weighted by Crippen LogP contribution is 2.30. The van der Waals surface area contributed by atoms with Crippen molar-refractivity contribution in [3.63, 3.8) is 0 Å². The van der Waals surface area contributed by atoms with Gasteiger partial charge in [0, 0.05) is 6.07 Å². The first-order chi connectivity index (χ1) is 11.5. The number of amides is 2. The van der Waals surface area contributed by atoms with E-state index in [4.69, 9.17) is 0 Å². The van der Waals surface area contributed by atoms with Gasteiger partial charge in [0.15, 0.2) is 0 Å². The quantitative estimate of drug-likeness (QED) is 0.905. The van der Waals surface area contributed by atoms with Gasteiger partial charge in [-0.3, -0.25) is 9.59 Å². The molecular formula is C18H16F2N2O2. The molecule has 0 bridgehead atoms. The molecule has 1 atom stereocenters. The van der Waals surface area contributed by atoms with Crippen molar-refractivity contribution in [2.75, 3.05) is 6.54 Å². The van der Waals surface area contributed by atoms with Gasteiger partial charge in [-0.25, -0.2) is 8.78 Å². The molecule has 1 unspecified atom stereocenters. The second kappa shape index (κ2) is 6.78. The Labute approximate surface area is 137 Å². The summed E-state index contributed by atoms with van der Waals surface area (Å²) >= 11 is 0. The molecule has 0 aromatic heterocycles. The second-order valence-corrected chi connectivity index (χ2v) is 5.66. The maximum Gasteiger partial charge on any atom is 0.254 e. The van der Waals surface area contributed by atoms with Crippen LogP contribution >= 0.6 is 0 Å². The van der Waals surface area contributed by atoms with Crippen molar-refractivity contribution in [3.8, 4) is 0 Å². The normalized spacial score (nSPS) is 15.7. The van der Waals surface area contributed by atoms with E-state index in [1.54, 1.807) is 0 Å². The van der Waals surface area contributed by atoms with Crippen LogP contribution in [0.25, 0.3) is 0 Å². The third-order valence-electron chi connectivity index (χ3n) is 4.05. The van der Waals surface area contributed by atoms with Crippen LogP contribution in [0.4, 0.5) is 8.78 Å². The van der Waals surface area contributed by atoms with E-state index < -0.39 is 17.5 Å². The fourth-order valence-electron chi connectivity index (χ4n) is 2.88. The molecule has 0 saturated carbocycles. The molecule has 1 aliphatic carbocycles. The van der Waals surface area contributed by atoms with Gasteiger partial charge in [0.05, 0.1) is 18.2 Å². The zero-order valence-electron chi connectivity index (χ0n) is 12.8. The third-order valence-corrected chi connectivity index (χ3v) is 4.05. The second-order valence-electron chi connectivity index (χ2n) is 5.66. The van der Waals surface area contributed by atoms with Crippen molar-refractivity contribution >= 4 is 11.8 Å². The highest BCUT2D eigenvalue weighted by Gasteiger charge is 2.23. The lowest BCUT2D eigenvalue weighted by molar-refractivity contribution is -0.120. The molecule has 0 spiro atoms. The van der Waals surface area contributed by atoms with Crippen LogP contribution in [0.15, 0.2) is 42.5 Å². The summed E-state index contributed by atoms with van der Waals surface area (Å²) in [6.45, 7) is -0.270. The summed E-state index contributed by atoms with van der Waals surface area (Å²) in [5.41, 5.74) is 2.00. The van der Waals surface area contributed by atoms with Crippen molar-refractivity contribution in [1.29, 1.82) is 0 Å². The molecule has 0 radical (unpaired) electrons. The summed E-state index contributed by atoms with van der Waals surface area (Å²) < 4.78 is 26.4. The van der Waals surface area contributed by atoms with E-state index >= 15 is 0 Å². The van der Waals surface area contributed by atoms with E-state index in [-0.39, 0.29) is 24.1 Å². The summed E-state index contributed by atoms with van der Waals surface area (Å²) in [4.78, 5) is 23.9. The van der Waals surface area contributed by atoms with Crippen LogP contribution in [0.1, 0.15) is 33.9 Å². The molecule has 24 heavy (non-hydrogen) atoms. The molecule has 4 nitrogen and oxygen atoms in total. The van der Waals surface area contributed by atoms with Crippen LogP contribution in [0.3, 0.4) is 0 Å². The van der Waals surface area contributed by atoms with E-state index in [9.17, 15) is 18.4 Å². The highest BCUT2D eigenvalue weighted by atomic mass is 19.1. The monoisotopic (exact) mass is 330 g/mol. The van der Waals surface area contributed by atoms with Gasteiger partial charge in [-0.2, -0.15) is 0 Å². The van der Waals surface area contributed by atoms with Gasteiger partial charge < -0.3 is 10.6 Å². The molecule has 0 fully saturated rings. The topological polar surface area (TPSA) is 58.2 Å². The molecule has 3 rings (SSSR count). The average Bonchev–Trinajstić information content (AvgIpc) is 2.96. The van der Waals surface area contributed by atoms with Crippen LogP contribution < -0.4 is 10.6 Å². The number of benzene rings is 2. The van der Waals surface area contributed by atoms with Crippen molar-refractivity contribution < 1.29 is 18.4 Å². The molecule has 124 valence electrons. The molecule has 1 aliphatic rings. The molecule has 0 saturated heterocycles. The maximum absolute atomic E-state index is 13.5. The Morgan fingerprint density at radius 2 is 1.92 bits per heavy atom. The number of aryl methyl sites for hydroxylation is 1. The van der Waals surface area contributed by atoms with Crippen LogP contribution in [0, 0.1) is 11.6 Å². The summed E-state index contributed by atoms with van der Waals surface area (Å²) in [5.74, 6) is -2.83. The van der Waals surface area contributed by atoms with Crippen molar-refractivity contribution in [2.24, 2.45) is 0 Å². The fraction of sp³-hybridized carbons (Fsp3) is 0.222. The molecule has 6 heteroatoms. The first-order valence-corrected chi connectivity index (χ1v) is 7.65. The molecule has 0 heterocycles. The van der Waals surface area contributed by atoms with E-state index in [1.165, 1.54) is 5.56 Å². The Morgan fingerprint density at radius 3 is 2.71 bits per heavy atom. The maximum atomic E-state index is 13.5. The number of nitrogens with one attached hydrogen (secondary N) is 2. The van der Waals surface area contributed by atoms with Gasteiger partial charge in [0.1, 0.15) is 11.6 Å². The summed E-state index contributed by atoms with van der Waals surface area (Å²) in [6, 6.07) is 10.5. The minimum atomic E-state index is -0.961. The first kappa shape index (κ1) is 16.1. The lowest BCUT2D eigenvalue weighted by Gasteiger charge is -2.14. The molecule has 2 N–H and O–H groups in total. The number of hydrogen-bond donors (Lipinski definition) is 2. The summed E-state index contributed by atoms with van der Waals surface area (Å²) in [6.07, 6.45) is 1.71. The first-order valence-electron chi connectivity index (χ1n) is 7.65. The van der Waals surface area contributed by atoms with Gasteiger partial charge >= 0.3 is 0 Å². The van der Waals surface area contributed by atoms with Gasteiger partial charge in [0.2, 0.25) is 5.91 Å². The van der Waals surface area contributed by atoms with Gasteiger partial charge in [-0.05, 0) is 36.1 Å². The van der Waals surface area contributed by atoms with Crippen LogP contribution in [-0.4, -0.2) is 18.4 Å². The fourth-order valence-corrected chi connectivity index (χ4v) is 2.88. The Kier molecular flexibility index (Phi) is 4.55. The predicted octanol–water partition coefficient (Wildman–Crippen LogP) is 2.50. The van der Waals surface area contributed by atoms with Gasteiger partial charge in [0.25, 0.3) is 5.91 Å². The highest BCUT2D eigenvalue weighted by molar-refractivity contribution is 5.96. The van der Waals surface area contributed by atoms with Crippen molar-refractivity contribution in [3.05, 3.63) is 70.8 Å². The predicted molar refractivity (Wildman–Crippen MR) is 84.3 cm³/mol. The summed E-state index contributed by atoms with van der Waals surface area (Å²) in [7, 11) is 0. The van der Waals surface area contributed by atoms with Crippen LogP contribution in [0.2, 0.25) is 0 Å². The molecule has 2 aromatic carbocycles. The number of hydrogen-bond acceptors (Lipinski definition) is 2. The largest absolute Gasteiger partial charge is 0.348 e. The smallest absolute Gasteiger partial charge is 0.254 e. The lowest BCUT2D eigenvalue weighted by atomic mass is 10.1. The number of fused-ring (bicyclic) bond motifs is 1. The Balaban J connectivity index is 1.55. The molecule has 2 amide bonds. The number of carbonyl (C=O) groups excluding carboxylic acids is 2. The van der Waals surface area contributed by atoms with Gasteiger partial charge in [-0.15, -0.1) is 0 Å². The number of rotatable bonds is 4. The number of carbonyl (C=O) groups is 2. The van der Waals surface area contributed by atoms with E-state index in [1.807, 2.05) is 24.3 Å². The zero-order chi connectivity index (χ0) is 17.1. The average molecular weight is 330 g/mol. The van der Waals surface area contributed by atoms with Crippen molar-refractivity contribution in [2.45, 2.75) is 18.9 Å². The van der Waals surface area contributed by atoms with E-state index in [0.29, 0.717) is 6.07 Å². The molecule has 2 aromatic rings. The Hall–Kier alpha value is -2.76. The van der Waals surface area contributed by atoms with E-state index in [0.717, 1.165) is 30.5 Å². The van der Waals surface area contributed by atoms with Crippen LogP contribution in [0.5, 0.6) is 0 Å². The Bertz CT molecular complexity index is 792. The molecular weight excluding hydrogens is 314 g/mol. The standard InChI is InChI=1S/C18H16F2N2O2/c19-12-6-7-14(15(20)9-12)18(24)21-10-17(23)22-16-8-5-11-3-1-2-4-13(11)16/h1-4,6-7,9,16H,5,8,10H2,(H,21,24)(H,22,23). The number of halogens is 2. The minimum absolute atomic E-state index is 0.0758. The van der Waals surface area contributed by atoms with Crippen molar-refractivity contribution in [1.82, 2.24) is 10.6 Å². The summed E-state index contributed by atoms with van der Waals surface area (Å²) in [5, 5.41) is 5.20. The SMILES string of the molecule is O=C(CNC(=O)c1ccc(F)cc1F)NC1CCc2ccccc21. The van der Waals surface area contributed by atoms with Gasteiger partial charge in [-0.1, -0.05) is 24.3 Å². The lowest BCUT2D eigenvalue weighted by Crippen LogP contribution is -2.38. The Morgan fingerprint density at radius 1 is 1.12 bits per heavy atom. The third kappa shape index (κ3) is 3.42. The van der Waals surface area contributed by atoms with Crippen LogP contribution in [-0.2, 0) is 11.2 Å². The molecule has 0 aliphatic heterocycles. The zero-order valence-corrected chi connectivity index (χ0v) is 12.8.